The van der Waals surface area contributed by atoms with E-state index in [4.69, 9.17) is 9.47 Å². The topological polar surface area (TPSA) is 84.9 Å². The lowest BCUT2D eigenvalue weighted by molar-refractivity contribution is -0.119. The molecule has 0 bridgehead atoms. The Morgan fingerprint density at radius 3 is 2.59 bits per heavy atom. The minimum atomic E-state index is -0.652. The SMILES string of the molecule is COc1ccccc1NC(=O)COC(=O)c1ccccc1N1CCCC1=O. The molecular formula is C20H20N2O5. The molecule has 2 aromatic rings. The molecule has 1 fully saturated rings. The standard InChI is InChI=1S/C20H20N2O5/c1-26-17-10-5-3-8-15(17)21-18(23)13-27-20(25)14-7-2-4-9-16(14)22-12-6-11-19(22)24/h2-5,7-10H,6,11-13H2,1H3,(H,21,23). The maximum Gasteiger partial charge on any atom is 0.340 e. The highest BCUT2D eigenvalue weighted by molar-refractivity contribution is 6.04. The number of hydrogen-bond acceptors (Lipinski definition) is 5. The van der Waals surface area contributed by atoms with Crippen LogP contribution in [-0.4, -0.2) is 38.0 Å². The zero-order valence-corrected chi connectivity index (χ0v) is 14.9. The molecule has 140 valence electrons. The Morgan fingerprint density at radius 2 is 1.85 bits per heavy atom. The Hall–Kier alpha value is -3.35. The van der Waals surface area contributed by atoms with Gasteiger partial charge in [0.1, 0.15) is 5.75 Å². The predicted octanol–water partition coefficient (Wildman–Crippen LogP) is 2.62. The first-order valence-electron chi connectivity index (χ1n) is 8.59. The highest BCUT2D eigenvalue weighted by Gasteiger charge is 2.26. The first-order chi connectivity index (χ1) is 13.1. The van der Waals surface area contributed by atoms with Gasteiger partial charge in [0.25, 0.3) is 5.91 Å². The molecule has 0 saturated carbocycles. The molecule has 3 rings (SSSR count). The molecule has 7 heteroatoms. The monoisotopic (exact) mass is 368 g/mol. The molecule has 2 aromatic carbocycles. The van der Waals surface area contributed by atoms with E-state index < -0.39 is 18.5 Å². The van der Waals surface area contributed by atoms with Crippen LogP contribution in [0.15, 0.2) is 48.5 Å². The van der Waals surface area contributed by atoms with Crippen molar-refractivity contribution < 1.29 is 23.9 Å². The second-order valence-electron chi connectivity index (χ2n) is 5.99. The molecule has 0 atom stereocenters. The first-order valence-corrected chi connectivity index (χ1v) is 8.59. The van der Waals surface area contributed by atoms with Crippen molar-refractivity contribution in [3.63, 3.8) is 0 Å². The average molecular weight is 368 g/mol. The summed E-state index contributed by atoms with van der Waals surface area (Å²) in [7, 11) is 1.50. The zero-order chi connectivity index (χ0) is 19.2. The summed E-state index contributed by atoms with van der Waals surface area (Å²) in [5, 5.41) is 2.64. The second kappa shape index (κ2) is 8.35. The minimum absolute atomic E-state index is 0.0239. The van der Waals surface area contributed by atoms with Gasteiger partial charge in [-0.05, 0) is 30.7 Å². The van der Waals surface area contributed by atoms with Gasteiger partial charge in [-0.2, -0.15) is 0 Å². The first kappa shape index (κ1) is 18.4. The van der Waals surface area contributed by atoms with E-state index in [1.807, 2.05) is 0 Å². The molecule has 1 heterocycles. The molecule has 1 aliphatic heterocycles. The van der Waals surface area contributed by atoms with Crippen LogP contribution in [0.5, 0.6) is 5.75 Å². The molecule has 1 saturated heterocycles. The molecule has 27 heavy (non-hydrogen) atoms. The van der Waals surface area contributed by atoms with Crippen LogP contribution in [0.25, 0.3) is 0 Å². The highest BCUT2D eigenvalue weighted by Crippen LogP contribution is 2.26. The van der Waals surface area contributed by atoms with Crippen LogP contribution in [0.4, 0.5) is 11.4 Å². The molecule has 0 radical (unpaired) electrons. The van der Waals surface area contributed by atoms with Crippen LogP contribution in [0.3, 0.4) is 0 Å². The molecule has 0 aromatic heterocycles. The van der Waals surface area contributed by atoms with Crippen molar-refractivity contribution in [1.82, 2.24) is 0 Å². The van der Waals surface area contributed by atoms with Crippen molar-refractivity contribution in [2.24, 2.45) is 0 Å². The van der Waals surface area contributed by atoms with E-state index in [1.54, 1.807) is 53.4 Å². The third-order valence-electron chi connectivity index (χ3n) is 4.20. The molecule has 0 spiro atoms. The lowest BCUT2D eigenvalue weighted by atomic mass is 10.1. The summed E-state index contributed by atoms with van der Waals surface area (Å²) in [5.74, 6) is -0.651. The molecule has 7 nitrogen and oxygen atoms in total. The number of amides is 2. The van der Waals surface area contributed by atoms with Crippen LogP contribution in [0.2, 0.25) is 0 Å². The normalized spacial score (nSPS) is 13.4. The Kier molecular flexibility index (Phi) is 5.71. The Morgan fingerprint density at radius 1 is 1.11 bits per heavy atom. The summed E-state index contributed by atoms with van der Waals surface area (Å²) in [4.78, 5) is 38.1. The van der Waals surface area contributed by atoms with E-state index >= 15 is 0 Å². The van der Waals surface area contributed by atoms with Crippen molar-refractivity contribution in [1.29, 1.82) is 0 Å². The zero-order valence-electron chi connectivity index (χ0n) is 14.9. The van der Waals surface area contributed by atoms with Crippen molar-refractivity contribution in [2.75, 3.05) is 30.5 Å². The number of rotatable bonds is 6. The smallest absolute Gasteiger partial charge is 0.340 e. The van der Waals surface area contributed by atoms with Crippen LogP contribution in [0.1, 0.15) is 23.2 Å². The largest absolute Gasteiger partial charge is 0.495 e. The van der Waals surface area contributed by atoms with Crippen molar-refractivity contribution in [3.05, 3.63) is 54.1 Å². The van der Waals surface area contributed by atoms with E-state index in [0.717, 1.165) is 6.42 Å². The minimum Gasteiger partial charge on any atom is -0.495 e. The van der Waals surface area contributed by atoms with E-state index in [-0.39, 0.29) is 11.5 Å². The molecule has 0 aliphatic carbocycles. The fraction of sp³-hybridized carbons (Fsp3) is 0.250. The van der Waals surface area contributed by atoms with Gasteiger partial charge in [0, 0.05) is 13.0 Å². The number of ether oxygens (including phenoxy) is 2. The number of nitrogens with zero attached hydrogens (tertiary/aromatic N) is 1. The van der Waals surface area contributed by atoms with Crippen molar-refractivity contribution in [2.45, 2.75) is 12.8 Å². The number of anilines is 2. The van der Waals surface area contributed by atoms with Crippen LogP contribution >= 0.6 is 0 Å². The van der Waals surface area contributed by atoms with E-state index in [9.17, 15) is 14.4 Å². The average Bonchev–Trinajstić information content (AvgIpc) is 3.12. The van der Waals surface area contributed by atoms with Crippen LogP contribution in [-0.2, 0) is 14.3 Å². The van der Waals surface area contributed by atoms with Crippen molar-refractivity contribution >= 4 is 29.2 Å². The van der Waals surface area contributed by atoms with Gasteiger partial charge < -0.3 is 19.7 Å². The molecule has 1 N–H and O–H groups in total. The summed E-state index contributed by atoms with van der Waals surface area (Å²) >= 11 is 0. The van der Waals surface area contributed by atoms with Gasteiger partial charge in [-0.3, -0.25) is 9.59 Å². The molecule has 2 amide bonds. The number of esters is 1. The summed E-state index contributed by atoms with van der Waals surface area (Å²) in [6.45, 7) is 0.122. The maximum absolute atomic E-state index is 12.4. The Bertz CT molecular complexity index is 865. The summed E-state index contributed by atoms with van der Waals surface area (Å²) in [6.07, 6.45) is 1.22. The number of benzene rings is 2. The summed E-state index contributed by atoms with van der Waals surface area (Å²) < 4.78 is 10.3. The Labute approximate surface area is 156 Å². The van der Waals surface area contributed by atoms with E-state index in [1.165, 1.54) is 7.11 Å². The number of carbonyl (C=O) groups excluding carboxylic acids is 3. The van der Waals surface area contributed by atoms with E-state index in [0.29, 0.717) is 30.1 Å². The maximum atomic E-state index is 12.4. The van der Waals surface area contributed by atoms with E-state index in [2.05, 4.69) is 5.32 Å². The quantitative estimate of drug-likeness (QED) is 0.793. The number of methoxy groups -OCH3 is 1. The number of para-hydroxylation sites is 3. The van der Waals surface area contributed by atoms with Gasteiger partial charge in [-0.15, -0.1) is 0 Å². The van der Waals surface area contributed by atoms with Crippen molar-refractivity contribution in [3.8, 4) is 5.75 Å². The highest BCUT2D eigenvalue weighted by atomic mass is 16.5. The molecule has 0 unspecified atom stereocenters. The van der Waals surface area contributed by atoms with Crippen LogP contribution in [0, 0.1) is 0 Å². The molecule has 1 aliphatic rings. The number of carbonyl (C=O) groups is 3. The lowest BCUT2D eigenvalue weighted by Crippen LogP contribution is -2.27. The van der Waals surface area contributed by atoms with Gasteiger partial charge in [-0.25, -0.2) is 4.79 Å². The lowest BCUT2D eigenvalue weighted by Gasteiger charge is -2.18. The van der Waals surface area contributed by atoms with Gasteiger partial charge >= 0.3 is 5.97 Å². The number of nitrogens with one attached hydrogen (secondary N) is 1. The summed E-state index contributed by atoms with van der Waals surface area (Å²) in [6, 6.07) is 13.7. The Balaban J connectivity index is 1.64. The van der Waals surface area contributed by atoms with Gasteiger partial charge in [-0.1, -0.05) is 24.3 Å². The second-order valence-corrected chi connectivity index (χ2v) is 5.99. The van der Waals surface area contributed by atoms with Gasteiger partial charge in [0.05, 0.1) is 24.0 Å². The predicted molar refractivity (Wildman–Crippen MR) is 99.9 cm³/mol. The van der Waals surface area contributed by atoms with Crippen LogP contribution < -0.4 is 15.0 Å². The number of hydrogen-bond donors (Lipinski definition) is 1. The van der Waals surface area contributed by atoms with Gasteiger partial charge in [0.15, 0.2) is 6.61 Å². The summed E-state index contributed by atoms with van der Waals surface area (Å²) in [5.41, 5.74) is 1.26. The third kappa shape index (κ3) is 4.25. The van der Waals surface area contributed by atoms with Gasteiger partial charge in [0.2, 0.25) is 5.91 Å². The fourth-order valence-corrected chi connectivity index (χ4v) is 2.93. The molecular weight excluding hydrogens is 348 g/mol. The fourth-order valence-electron chi connectivity index (χ4n) is 2.93. The third-order valence-corrected chi connectivity index (χ3v) is 4.20.